The number of methoxy groups -OCH3 is 1. The molecule has 0 unspecified atom stereocenters. The lowest BCUT2D eigenvalue weighted by Crippen LogP contribution is -2.04. The summed E-state index contributed by atoms with van der Waals surface area (Å²) >= 11 is 0. The molecule has 0 spiro atoms. The number of nitrogens with two attached hydrogens (primary N) is 1. The molecule has 2 N–H and O–H groups in total. The Bertz CT molecular complexity index is 193. The van der Waals surface area contributed by atoms with E-state index in [2.05, 4.69) is 5.43 Å². The minimum absolute atomic E-state index is 0.722. The zero-order valence-electron chi connectivity index (χ0n) is 5.74. The summed E-state index contributed by atoms with van der Waals surface area (Å²) in [6.07, 6.45) is 0. The van der Waals surface area contributed by atoms with E-state index >= 15 is 0 Å². The highest BCUT2D eigenvalue weighted by Gasteiger charge is 1.91. The second kappa shape index (κ2) is 3.08. The minimum Gasteiger partial charge on any atom is -0.497 e. The predicted molar refractivity (Wildman–Crippen MR) is 39.0 cm³/mol. The third-order valence-electron chi connectivity index (χ3n) is 1.20. The minimum atomic E-state index is 0.722. The standard InChI is InChI=1S/C7H9N2O/c1-10-7-4-2-3-6(5-7)9-8/h2-5H,8H2,1H3. The van der Waals surface area contributed by atoms with Crippen molar-refractivity contribution >= 4 is 5.69 Å². The van der Waals surface area contributed by atoms with Gasteiger partial charge in [0.15, 0.2) is 0 Å². The van der Waals surface area contributed by atoms with E-state index in [1.165, 1.54) is 0 Å². The van der Waals surface area contributed by atoms with E-state index in [9.17, 15) is 0 Å². The largest absolute Gasteiger partial charge is 0.497 e. The quantitative estimate of drug-likeness (QED) is 0.484. The van der Waals surface area contributed by atoms with Crippen molar-refractivity contribution in [1.82, 2.24) is 5.43 Å². The van der Waals surface area contributed by atoms with Crippen LogP contribution in [0.15, 0.2) is 24.3 Å². The van der Waals surface area contributed by atoms with E-state index in [0.29, 0.717) is 0 Å². The van der Waals surface area contributed by atoms with Gasteiger partial charge in [-0.1, -0.05) is 6.07 Å². The molecule has 10 heavy (non-hydrogen) atoms. The van der Waals surface area contributed by atoms with E-state index in [0.717, 1.165) is 11.4 Å². The molecule has 0 saturated heterocycles. The van der Waals surface area contributed by atoms with Gasteiger partial charge >= 0.3 is 0 Å². The maximum atomic E-state index is 5.04. The van der Waals surface area contributed by atoms with Gasteiger partial charge in [0.25, 0.3) is 0 Å². The molecular formula is C7H9N2O. The molecule has 0 bridgehead atoms. The van der Waals surface area contributed by atoms with E-state index in [4.69, 9.17) is 10.6 Å². The van der Waals surface area contributed by atoms with Crippen molar-refractivity contribution in [2.45, 2.75) is 0 Å². The summed E-state index contributed by atoms with van der Waals surface area (Å²) in [4.78, 5) is 0. The van der Waals surface area contributed by atoms with Crippen LogP contribution < -0.4 is 16.0 Å². The molecule has 53 valence electrons. The molecule has 1 radical (unpaired) electrons. The smallest absolute Gasteiger partial charge is 0.121 e. The van der Waals surface area contributed by atoms with Crippen LogP contribution >= 0.6 is 0 Å². The Morgan fingerprint density at radius 2 is 2.30 bits per heavy atom. The second-order valence-electron chi connectivity index (χ2n) is 1.83. The average molecular weight is 137 g/mol. The summed E-state index contributed by atoms with van der Waals surface area (Å²) in [6, 6.07) is 7.25. The van der Waals surface area contributed by atoms with Gasteiger partial charge in [0.05, 0.1) is 12.8 Å². The zero-order chi connectivity index (χ0) is 7.40. The van der Waals surface area contributed by atoms with E-state index in [1.807, 2.05) is 18.2 Å². The van der Waals surface area contributed by atoms with Gasteiger partial charge in [0.1, 0.15) is 5.75 Å². The number of hydrogen-bond donors (Lipinski definition) is 1. The van der Waals surface area contributed by atoms with Crippen LogP contribution in [0.25, 0.3) is 0 Å². The van der Waals surface area contributed by atoms with Gasteiger partial charge in [0, 0.05) is 6.07 Å². The van der Waals surface area contributed by atoms with E-state index in [-0.39, 0.29) is 0 Å². The van der Waals surface area contributed by atoms with Gasteiger partial charge < -0.3 is 4.74 Å². The Labute approximate surface area is 59.8 Å². The van der Waals surface area contributed by atoms with Crippen molar-refractivity contribution in [1.29, 1.82) is 0 Å². The Balaban J connectivity index is 2.87. The normalized spacial score (nSPS) is 9.00. The molecule has 1 rings (SSSR count). The van der Waals surface area contributed by atoms with Gasteiger partial charge in [-0.2, -0.15) is 0 Å². The van der Waals surface area contributed by atoms with Crippen molar-refractivity contribution in [3.63, 3.8) is 0 Å². The predicted octanol–water partition coefficient (Wildman–Crippen LogP) is 0.805. The Kier molecular flexibility index (Phi) is 2.12. The Hall–Kier alpha value is -1.22. The van der Waals surface area contributed by atoms with Gasteiger partial charge in [0.2, 0.25) is 0 Å². The molecule has 0 atom stereocenters. The summed E-state index contributed by atoms with van der Waals surface area (Å²) in [7, 11) is 1.61. The zero-order valence-corrected chi connectivity index (χ0v) is 5.74. The Morgan fingerprint density at radius 3 is 2.90 bits per heavy atom. The van der Waals surface area contributed by atoms with Crippen molar-refractivity contribution in [2.75, 3.05) is 7.11 Å². The lowest BCUT2D eigenvalue weighted by molar-refractivity contribution is 0.414. The molecule has 0 aliphatic heterocycles. The topological polar surface area (TPSA) is 49.4 Å². The van der Waals surface area contributed by atoms with Crippen LogP contribution in [0.5, 0.6) is 5.75 Å². The monoisotopic (exact) mass is 137 g/mol. The summed E-state index contributed by atoms with van der Waals surface area (Å²) < 4.78 is 4.94. The average Bonchev–Trinajstić information content (AvgIpc) is 2.05. The third-order valence-corrected chi connectivity index (χ3v) is 1.20. The van der Waals surface area contributed by atoms with Crippen molar-refractivity contribution in [3.05, 3.63) is 24.3 Å². The number of nitrogens with zero attached hydrogens (tertiary/aromatic N) is 1. The van der Waals surface area contributed by atoms with Crippen LogP contribution in [0, 0.1) is 0 Å². The maximum Gasteiger partial charge on any atom is 0.121 e. The van der Waals surface area contributed by atoms with Crippen LogP contribution in [0.2, 0.25) is 0 Å². The molecule has 1 aromatic carbocycles. The molecule has 0 heterocycles. The van der Waals surface area contributed by atoms with Gasteiger partial charge in [-0.3, -0.25) is 0 Å². The summed E-state index contributed by atoms with van der Waals surface area (Å²) in [5.74, 6) is 5.81. The summed E-state index contributed by atoms with van der Waals surface area (Å²) in [6.45, 7) is 0. The fourth-order valence-corrected chi connectivity index (χ4v) is 0.691. The first kappa shape index (κ1) is 6.89. The van der Waals surface area contributed by atoms with Crippen LogP contribution in [0.1, 0.15) is 0 Å². The lowest BCUT2D eigenvalue weighted by Gasteiger charge is -1.99. The number of ether oxygens (including phenoxy) is 1. The maximum absolute atomic E-state index is 5.04. The second-order valence-corrected chi connectivity index (χ2v) is 1.83. The number of rotatable bonds is 2. The SMILES string of the molecule is COc1cccc([N]N)c1. The molecule has 0 saturated carbocycles. The highest BCUT2D eigenvalue weighted by Crippen LogP contribution is 2.15. The first-order valence-corrected chi connectivity index (χ1v) is 2.92. The van der Waals surface area contributed by atoms with Crippen molar-refractivity contribution < 1.29 is 4.74 Å². The van der Waals surface area contributed by atoms with Crippen molar-refractivity contribution in [3.8, 4) is 5.75 Å². The Morgan fingerprint density at radius 1 is 1.50 bits per heavy atom. The highest BCUT2D eigenvalue weighted by molar-refractivity contribution is 5.41. The van der Waals surface area contributed by atoms with E-state index in [1.54, 1.807) is 13.2 Å². The molecule has 0 fully saturated rings. The summed E-state index contributed by atoms with van der Waals surface area (Å²) in [5.41, 5.74) is 4.22. The van der Waals surface area contributed by atoms with Crippen LogP contribution in [-0.4, -0.2) is 7.11 Å². The first-order chi connectivity index (χ1) is 4.86. The van der Waals surface area contributed by atoms with Gasteiger partial charge in [-0.25, -0.2) is 11.3 Å². The molecule has 3 heteroatoms. The molecule has 0 amide bonds. The van der Waals surface area contributed by atoms with Gasteiger partial charge in [-0.15, -0.1) is 0 Å². The van der Waals surface area contributed by atoms with Gasteiger partial charge in [-0.05, 0) is 12.1 Å². The number of hydrogen-bond acceptors (Lipinski definition) is 2. The molecule has 3 nitrogen and oxygen atoms in total. The van der Waals surface area contributed by atoms with Crippen LogP contribution in [0.4, 0.5) is 5.69 Å². The fourth-order valence-electron chi connectivity index (χ4n) is 0.691. The number of benzene rings is 1. The van der Waals surface area contributed by atoms with Crippen LogP contribution in [-0.2, 0) is 0 Å². The molecular weight excluding hydrogens is 128 g/mol. The molecule has 1 aromatic rings. The van der Waals surface area contributed by atoms with Crippen LogP contribution in [0.3, 0.4) is 0 Å². The molecule has 0 aromatic heterocycles. The fraction of sp³-hybridized carbons (Fsp3) is 0.143. The third kappa shape index (κ3) is 1.39. The molecule has 0 aliphatic carbocycles. The summed E-state index contributed by atoms with van der Waals surface area (Å²) in [5, 5.41) is 0. The molecule has 0 aliphatic rings. The highest BCUT2D eigenvalue weighted by atomic mass is 16.5. The lowest BCUT2D eigenvalue weighted by atomic mass is 10.3. The first-order valence-electron chi connectivity index (χ1n) is 2.92. The van der Waals surface area contributed by atoms with Crippen molar-refractivity contribution in [2.24, 2.45) is 5.84 Å². The van der Waals surface area contributed by atoms with E-state index < -0.39 is 0 Å².